The summed E-state index contributed by atoms with van der Waals surface area (Å²) in [5, 5.41) is 0. The average Bonchev–Trinajstić information content (AvgIpc) is 4.07. The van der Waals surface area contributed by atoms with Crippen LogP contribution in [0, 0.1) is 87.3 Å². The third-order valence-electron chi connectivity index (χ3n) is 9.65. The van der Waals surface area contributed by atoms with Crippen LogP contribution in [0.2, 0.25) is 0 Å². The zero-order chi connectivity index (χ0) is 47.0. The minimum atomic E-state index is -6.18. The molecule has 1 aliphatic heterocycles. The van der Waals surface area contributed by atoms with Crippen LogP contribution in [0.4, 0.5) is 65.9 Å². The van der Waals surface area contributed by atoms with Gasteiger partial charge in [0.2, 0.25) is 17.5 Å². The van der Waals surface area contributed by atoms with E-state index < -0.39 is 195 Å². The van der Waals surface area contributed by atoms with Gasteiger partial charge in [0.05, 0.1) is 59.9 Å². The molecule has 8 bridgehead atoms. The van der Waals surface area contributed by atoms with Crippen molar-refractivity contribution in [2.24, 2.45) is 0 Å². The maximum Gasteiger partial charge on any atom is 1.00 e. The normalized spacial score (nSPS) is 12.3. The van der Waals surface area contributed by atoms with Crippen LogP contribution in [0.5, 0.6) is 0 Å². The quantitative estimate of drug-likeness (QED) is 0.0777. The van der Waals surface area contributed by atoms with E-state index >= 15 is 26.3 Å². The number of halogens is 15. The minimum Gasteiger partial charge on any atom is -0.744 e. The number of benzene rings is 3. The van der Waals surface area contributed by atoms with Crippen molar-refractivity contribution in [1.29, 1.82) is 0 Å². The molecule has 10 nitrogen and oxygen atoms in total. The van der Waals surface area contributed by atoms with Crippen LogP contribution in [0.1, 0.15) is 11.4 Å². The van der Waals surface area contributed by atoms with Gasteiger partial charge in [-0.3, -0.25) is 0 Å². The molecule has 0 atom stereocenters. The summed E-state index contributed by atoms with van der Waals surface area (Å²) in [6.45, 7) is 0. The van der Waals surface area contributed by atoms with E-state index in [1.54, 1.807) is 0 Å². The van der Waals surface area contributed by atoms with E-state index in [1.807, 2.05) is 9.97 Å². The van der Waals surface area contributed by atoms with Gasteiger partial charge >= 0.3 is 59.1 Å². The molecule has 0 spiro atoms. The number of nitrogens with zero attached hydrogens (tertiary/aromatic N) is 1. The Bertz CT molecular complexity index is 3630. The number of H-pyrrole nitrogens is 3. The number of aromatic amines is 3. The van der Waals surface area contributed by atoms with Gasteiger partial charge < -0.3 is 24.1 Å². The van der Waals surface area contributed by atoms with Crippen LogP contribution in [-0.4, -0.2) is 45.9 Å². The van der Waals surface area contributed by atoms with E-state index in [2.05, 4.69) is 9.97 Å². The van der Waals surface area contributed by atoms with Crippen molar-refractivity contribution < 1.29 is 151 Å². The second-order valence-corrected chi connectivity index (χ2v) is 15.9. The first-order chi connectivity index (χ1) is 29.8. The predicted molar refractivity (Wildman–Crippen MR) is 187 cm³/mol. The summed E-state index contributed by atoms with van der Waals surface area (Å²) in [5.41, 5.74) is -20.3. The topological polar surface area (TPSA) is 175 Å². The molecule has 7 aromatic rings. The van der Waals surface area contributed by atoms with Gasteiger partial charge in [-0.05, 0) is 36.4 Å². The molecule has 0 fully saturated rings. The molecule has 0 saturated heterocycles. The van der Waals surface area contributed by atoms with E-state index in [9.17, 15) is 65.5 Å². The summed E-state index contributed by atoms with van der Waals surface area (Å²) >= 11 is 0. The Balaban J connectivity index is 0.00000360. The Labute approximate surface area is 399 Å². The summed E-state index contributed by atoms with van der Waals surface area (Å²) < 4.78 is 303. The summed E-state index contributed by atoms with van der Waals surface area (Å²) in [6.07, 6.45) is 1.06. The van der Waals surface area contributed by atoms with Crippen molar-refractivity contribution in [2.45, 2.75) is 9.79 Å². The zero-order valence-corrected chi connectivity index (χ0v) is 37.5. The third-order valence-corrected chi connectivity index (χ3v) is 11.4. The first kappa shape index (κ1) is 50.6. The summed E-state index contributed by atoms with van der Waals surface area (Å²) in [7, 11) is -12.2. The molecule has 0 saturated carbocycles. The van der Waals surface area contributed by atoms with Gasteiger partial charge in [-0.1, -0.05) is 0 Å². The van der Waals surface area contributed by atoms with Crippen LogP contribution < -0.4 is 59.1 Å². The van der Waals surface area contributed by atoms with E-state index in [-0.39, 0.29) is 71.2 Å². The molecule has 3 aromatic carbocycles. The van der Waals surface area contributed by atoms with E-state index in [0.717, 1.165) is 0 Å². The monoisotopic (exact) mass is 1000 g/mol. The third kappa shape index (κ3) is 7.70. The van der Waals surface area contributed by atoms with Crippen molar-refractivity contribution in [3.05, 3.63) is 123 Å². The number of hydrogen-bond donors (Lipinski definition) is 3. The van der Waals surface area contributed by atoms with Crippen LogP contribution in [-0.2, 0) is 20.2 Å². The van der Waals surface area contributed by atoms with Crippen molar-refractivity contribution in [3.8, 4) is 33.4 Å². The van der Waals surface area contributed by atoms with Crippen molar-refractivity contribution in [1.82, 2.24) is 19.9 Å². The molecule has 4 aromatic heterocycles. The van der Waals surface area contributed by atoms with Crippen molar-refractivity contribution >= 4 is 65.5 Å². The molecule has 29 heteroatoms. The molecule has 0 aliphatic carbocycles. The van der Waals surface area contributed by atoms with Crippen molar-refractivity contribution in [2.75, 3.05) is 0 Å². The van der Waals surface area contributed by atoms with Gasteiger partial charge in [0.25, 0.3) is 0 Å². The maximum absolute atomic E-state index is 15.8. The molecule has 332 valence electrons. The number of fused-ring (bicyclic) bond motifs is 9. The Hall–Kier alpha value is -4.84. The molecule has 0 amide bonds. The number of hydrogen-bond acceptors (Lipinski definition) is 7. The Kier molecular flexibility index (Phi) is 13.3. The molecule has 8 rings (SSSR count). The smallest absolute Gasteiger partial charge is 0.744 e. The second-order valence-electron chi connectivity index (χ2n) is 13.2. The van der Waals surface area contributed by atoms with Crippen molar-refractivity contribution in [3.63, 3.8) is 0 Å². The Morgan fingerprint density at radius 1 is 0.364 bits per heavy atom. The van der Waals surface area contributed by atoms with Gasteiger partial charge in [-0.15, -0.1) is 0 Å². The van der Waals surface area contributed by atoms with E-state index in [4.69, 9.17) is 0 Å². The van der Waals surface area contributed by atoms with Gasteiger partial charge in [0.1, 0.15) is 20.2 Å². The first-order valence-electron chi connectivity index (χ1n) is 16.7. The van der Waals surface area contributed by atoms with Gasteiger partial charge in [-0.2, -0.15) is 0 Å². The van der Waals surface area contributed by atoms with E-state index in [1.165, 1.54) is 0 Å². The predicted octanol–water partition coefficient (Wildman–Crippen LogP) is 3.60. The fraction of sp³-hybridized carbons (Fsp3) is 0. The van der Waals surface area contributed by atoms with Gasteiger partial charge in [0.15, 0.2) is 69.8 Å². The Morgan fingerprint density at radius 2 is 0.652 bits per heavy atom. The second kappa shape index (κ2) is 17.4. The maximum atomic E-state index is 15.8. The van der Waals surface area contributed by atoms with Gasteiger partial charge in [0, 0.05) is 27.7 Å². The molecule has 0 radical (unpaired) electrons. The summed E-state index contributed by atoms with van der Waals surface area (Å²) in [4.78, 5) is 6.46. The van der Waals surface area contributed by atoms with Gasteiger partial charge in [-0.25, -0.2) is 87.7 Å². The zero-order valence-electron chi connectivity index (χ0n) is 31.8. The van der Waals surface area contributed by atoms with Crippen LogP contribution in [0.25, 0.3) is 78.6 Å². The fourth-order valence-electron chi connectivity index (χ4n) is 6.92. The summed E-state index contributed by atoms with van der Waals surface area (Å²) in [6, 6.07) is 1.21. The first-order valence-corrected chi connectivity index (χ1v) is 19.5. The Morgan fingerprint density at radius 3 is 1.03 bits per heavy atom. The van der Waals surface area contributed by atoms with Crippen LogP contribution in [0.15, 0.2) is 34.1 Å². The molecule has 0 unspecified atom stereocenters. The average molecular weight is 1000 g/mol. The SMILES string of the molecule is O=S(=O)([O-])c1cc2[nH]c1c(-c1c(F)c(F)c(F)c(F)c1F)c1ccc([nH]1)c(-c1c(F)c(F)c(F)c(F)c1F)c1nc(c(-c3c(F)c(F)c(F)c(F)c3F)c3cc(S(=O)(=O)[O-])c2[nH]3)C=C1.[Na+].[Na+]. The molecular weight excluding hydrogens is 992 g/mol. The standard InChI is InChI=1S/C37H11F15N4O6S2.2Na/c38-21-18(22(39)28(45)33(50)27(21)44)15-7-1-2-9(53-7)16(19-23(40)29(46)34(51)30(47)24(19)41)11-5-13(63(57,58)59)36(55-11)12-6-14(64(60,61)62)37(56-12)17(10-4-3-8(15)54-10)20-25(42)31(48)35(52)32(49)26(20)43;;/h1-6,54-56H,(H,57,58,59)(H,60,61,62);;/q;2*+1/p-2. The number of rotatable bonds is 5. The van der Waals surface area contributed by atoms with E-state index in [0.29, 0.717) is 24.3 Å². The number of aromatic nitrogens is 4. The largest absolute Gasteiger partial charge is 1.00 e. The van der Waals surface area contributed by atoms with Crippen LogP contribution in [0.3, 0.4) is 0 Å². The molecule has 5 heterocycles. The summed E-state index contributed by atoms with van der Waals surface area (Å²) in [5.74, 6) is -40.8. The minimum absolute atomic E-state index is 0. The molecular formula is C37H9F15N4Na2O6S2. The number of nitrogens with one attached hydrogen (secondary N) is 3. The fourth-order valence-corrected chi connectivity index (χ4v) is 8.26. The molecule has 66 heavy (non-hydrogen) atoms. The van der Waals surface area contributed by atoms with Crippen LogP contribution >= 0.6 is 0 Å². The molecule has 3 N–H and O–H groups in total. The molecule has 1 aliphatic rings.